The van der Waals surface area contributed by atoms with Gasteiger partial charge < -0.3 is 10.4 Å². The average molecular weight is 260 g/mol. The second kappa shape index (κ2) is 5.21. The molecule has 102 valence electrons. The fourth-order valence-electron chi connectivity index (χ4n) is 2.79. The van der Waals surface area contributed by atoms with Crippen LogP contribution in [0.25, 0.3) is 0 Å². The molecular weight excluding hydrogens is 240 g/mol. The van der Waals surface area contributed by atoms with E-state index in [1.165, 1.54) is 12.8 Å². The first-order valence-corrected chi connectivity index (χ1v) is 7.02. The molecule has 1 unspecified atom stereocenters. The lowest BCUT2D eigenvalue weighted by Gasteiger charge is -2.16. The Kier molecular flexibility index (Phi) is 3.42. The molecule has 4 heteroatoms. The van der Waals surface area contributed by atoms with Crippen molar-refractivity contribution in [2.75, 3.05) is 13.1 Å². The van der Waals surface area contributed by atoms with Crippen molar-refractivity contribution in [1.82, 2.24) is 10.2 Å². The highest BCUT2D eigenvalue weighted by molar-refractivity contribution is 5.79. The van der Waals surface area contributed by atoms with E-state index < -0.39 is 0 Å². The Morgan fingerprint density at radius 3 is 2.84 bits per heavy atom. The van der Waals surface area contributed by atoms with Crippen molar-refractivity contribution in [3.63, 3.8) is 0 Å². The highest BCUT2D eigenvalue weighted by Gasteiger charge is 2.34. The van der Waals surface area contributed by atoms with Gasteiger partial charge >= 0.3 is 0 Å². The van der Waals surface area contributed by atoms with Crippen LogP contribution in [-0.2, 0) is 11.2 Å². The van der Waals surface area contributed by atoms with Crippen molar-refractivity contribution in [3.05, 3.63) is 29.8 Å². The van der Waals surface area contributed by atoms with Crippen LogP contribution < -0.4 is 5.32 Å². The molecule has 1 aromatic carbocycles. The summed E-state index contributed by atoms with van der Waals surface area (Å²) in [6, 6.07) is 8.07. The topological polar surface area (TPSA) is 52.6 Å². The number of aromatic hydroxyl groups is 1. The van der Waals surface area contributed by atoms with E-state index >= 15 is 0 Å². The van der Waals surface area contributed by atoms with E-state index in [0.29, 0.717) is 5.56 Å². The number of likely N-dealkylation sites (tertiary alicyclic amines) is 1. The molecule has 1 amide bonds. The zero-order valence-corrected chi connectivity index (χ0v) is 11.0. The van der Waals surface area contributed by atoms with E-state index in [2.05, 4.69) is 10.2 Å². The SMILES string of the molecule is O=C(Cc1ccccc1O)NC1CCN(C2CC2)C1. The summed E-state index contributed by atoms with van der Waals surface area (Å²) in [5, 5.41) is 12.7. The van der Waals surface area contributed by atoms with Gasteiger partial charge in [-0.25, -0.2) is 0 Å². The molecule has 2 aliphatic rings. The Bertz CT molecular complexity index is 471. The van der Waals surface area contributed by atoms with Crippen LogP contribution in [0.2, 0.25) is 0 Å². The Morgan fingerprint density at radius 2 is 2.11 bits per heavy atom. The molecule has 19 heavy (non-hydrogen) atoms. The summed E-state index contributed by atoms with van der Waals surface area (Å²) in [4.78, 5) is 14.4. The van der Waals surface area contributed by atoms with Gasteiger partial charge in [0.05, 0.1) is 6.42 Å². The predicted octanol–water partition coefficient (Wildman–Crippen LogP) is 1.29. The normalized spacial score (nSPS) is 23.5. The highest BCUT2D eigenvalue weighted by Crippen LogP contribution is 2.29. The van der Waals surface area contributed by atoms with E-state index in [0.717, 1.165) is 25.6 Å². The molecule has 1 atom stereocenters. The Morgan fingerprint density at radius 1 is 1.32 bits per heavy atom. The number of rotatable bonds is 4. The number of para-hydroxylation sites is 1. The number of nitrogens with zero attached hydrogens (tertiary/aromatic N) is 1. The molecular formula is C15H20N2O2. The summed E-state index contributed by atoms with van der Waals surface area (Å²) >= 11 is 0. The van der Waals surface area contributed by atoms with Gasteiger partial charge in [-0.2, -0.15) is 0 Å². The predicted molar refractivity (Wildman–Crippen MR) is 73.0 cm³/mol. The lowest BCUT2D eigenvalue weighted by atomic mass is 10.1. The summed E-state index contributed by atoms with van der Waals surface area (Å²) in [5.74, 6) is 0.202. The van der Waals surface area contributed by atoms with Crippen LogP contribution in [0.15, 0.2) is 24.3 Å². The summed E-state index contributed by atoms with van der Waals surface area (Å²) in [6.07, 6.45) is 3.94. The van der Waals surface area contributed by atoms with Gasteiger partial charge in [-0.3, -0.25) is 9.69 Å². The van der Waals surface area contributed by atoms with Crippen molar-refractivity contribution in [1.29, 1.82) is 0 Å². The van der Waals surface area contributed by atoms with Crippen LogP contribution in [0.1, 0.15) is 24.8 Å². The minimum atomic E-state index is 0.00384. The molecule has 0 radical (unpaired) electrons. The van der Waals surface area contributed by atoms with Gasteiger partial charge in [-0.15, -0.1) is 0 Å². The monoisotopic (exact) mass is 260 g/mol. The first-order valence-electron chi connectivity index (χ1n) is 7.02. The summed E-state index contributed by atoms with van der Waals surface area (Å²) in [7, 11) is 0. The molecule has 1 saturated heterocycles. The summed E-state index contributed by atoms with van der Waals surface area (Å²) < 4.78 is 0. The van der Waals surface area contributed by atoms with Crippen LogP contribution in [0.3, 0.4) is 0 Å². The minimum Gasteiger partial charge on any atom is -0.508 e. The molecule has 0 bridgehead atoms. The molecule has 0 spiro atoms. The Labute approximate surface area is 113 Å². The molecule has 0 aromatic heterocycles. The van der Waals surface area contributed by atoms with Crippen LogP contribution in [0.5, 0.6) is 5.75 Å². The maximum atomic E-state index is 12.0. The van der Waals surface area contributed by atoms with Crippen molar-refractivity contribution in [2.45, 2.75) is 37.8 Å². The zero-order valence-electron chi connectivity index (χ0n) is 11.0. The van der Waals surface area contributed by atoms with Gasteiger partial charge in [0.15, 0.2) is 0 Å². The molecule has 4 nitrogen and oxygen atoms in total. The van der Waals surface area contributed by atoms with E-state index in [-0.39, 0.29) is 24.1 Å². The number of phenols is 1. The van der Waals surface area contributed by atoms with E-state index in [1.54, 1.807) is 18.2 Å². The maximum Gasteiger partial charge on any atom is 0.224 e. The van der Waals surface area contributed by atoms with Gasteiger partial charge in [0.1, 0.15) is 5.75 Å². The average Bonchev–Trinajstić information content (AvgIpc) is 3.14. The molecule has 3 rings (SSSR count). The fraction of sp³-hybridized carbons (Fsp3) is 0.533. The third-order valence-corrected chi connectivity index (χ3v) is 3.99. The van der Waals surface area contributed by atoms with Crippen molar-refractivity contribution < 1.29 is 9.90 Å². The Hall–Kier alpha value is -1.55. The van der Waals surface area contributed by atoms with Gasteiger partial charge in [0.25, 0.3) is 0 Å². The van der Waals surface area contributed by atoms with Crippen LogP contribution in [0, 0.1) is 0 Å². The molecule has 1 saturated carbocycles. The second-order valence-electron chi connectivity index (χ2n) is 5.58. The number of carbonyl (C=O) groups excluding carboxylic acids is 1. The Balaban J connectivity index is 1.50. The first-order chi connectivity index (χ1) is 9.22. The van der Waals surface area contributed by atoms with Crippen molar-refractivity contribution >= 4 is 5.91 Å². The molecule has 1 aliphatic heterocycles. The minimum absolute atomic E-state index is 0.00384. The maximum absolute atomic E-state index is 12.0. The quantitative estimate of drug-likeness (QED) is 0.857. The lowest BCUT2D eigenvalue weighted by Crippen LogP contribution is -2.38. The molecule has 2 fully saturated rings. The number of benzene rings is 1. The third-order valence-electron chi connectivity index (χ3n) is 3.99. The van der Waals surface area contributed by atoms with Crippen LogP contribution in [-0.4, -0.2) is 41.1 Å². The number of phenolic OH excluding ortho intramolecular Hbond substituents is 1. The van der Waals surface area contributed by atoms with Crippen molar-refractivity contribution in [2.24, 2.45) is 0 Å². The largest absolute Gasteiger partial charge is 0.508 e. The van der Waals surface area contributed by atoms with Gasteiger partial charge in [0, 0.05) is 30.7 Å². The van der Waals surface area contributed by atoms with E-state index in [1.807, 2.05) is 6.07 Å². The number of hydrogen-bond acceptors (Lipinski definition) is 3. The lowest BCUT2D eigenvalue weighted by molar-refractivity contribution is -0.121. The summed E-state index contributed by atoms with van der Waals surface area (Å²) in [5.41, 5.74) is 0.692. The molecule has 1 heterocycles. The number of hydrogen-bond donors (Lipinski definition) is 2. The van der Waals surface area contributed by atoms with Crippen LogP contribution in [0.4, 0.5) is 0 Å². The van der Waals surface area contributed by atoms with Gasteiger partial charge in [0.2, 0.25) is 5.91 Å². The van der Waals surface area contributed by atoms with Gasteiger partial charge in [-0.05, 0) is 25.3 Å². The number of amides is 1. The number of nitrogens with one attached hydrogen (secondary N) is 1. The first kappa shape index (κ1) is 12.5. The molecule has 1 aliphatic carbocycles. The fourth-order valence-corrected chi connectivity index (χ4v) is 2.79. The standard InChI is InChI=1S/C15H20N2O2/c18-14-4-2-1-3-11(14)9-15(19)16-12-7-8-17(10-12)13-5-6-13/h1-4,12-13,18H,5-10H2,(H,16,19). The zero-order chi connectivity index (χ0) is 13.2. The van der Waals surface area contributed by atoms with Gasteiger partial charge in [-0.1, -0.05) is 18.2 Å². The number of carbonyl (C=O) groups is 1. The summed E-state index contributed by atoms with van der Waals surface area (Å²) in [6.45, 7) is 2.09. The van der Waals surface area contributed by atoms with E-state index in [4.69, 9.17) is 0 Å². The van der Waals surface area contributed by atoms with Crippen molar-refractivity contribution in [3.8, 4) is 5.75 Å². The van der Waals surface area contributed by atoms with E-state index in [9.17, 15) is 9.90 Å². The highest BCUT2D eigenvalue weighted by atomic mass is 16.3. The van der Waals surface area contributed by atoms with Crippen LogP contribution >= 0.6 is 0 Å². The third kappa shape index (κ3) is 3.07. The second-order valence-corrected chi connectivity index (χ2v) is 5.58. The smallest absolute Gasteiger partial charge is 0.224 e. The molecule has 2 N–H and O–H groups in total. The molecule has 1 aromatic rings.